The molecule has 0 bridgehead atoms. The number of carboxylic acid groups (broad SMARTS) is 1. The molecule has 24 heavy (non-hydrogen) atoms. The lowest BCUT2D eigenvalue weighted by atomic mass is 9.90. The number of hydrogen-bond donors (Lipinski definition) is 1. The van der Waals surface area contributed by atoms with Crippen molar-refractivity contribution in [1.82, 2.24) is 0 Å². The largest absolute Gasteiger partial charge is 0.481 e. The van der Waals surface area contributed by atoms with Gasteiger partial charge in [0.15, 0.2) is 8.32 Å². The summed E-state index contributed by atoms with van der Waals surface area (Å²) in [7, 11) is -1.85. The fraction of sp³-hybridized carbons (Fsp3) is 0.842. The Balaban J connectivity index is 2.73. The maximum absolute atomic E-state index is 11.0. The number of carboxylic acids is 1. The first-order valence-electron chi connectivity index (χ1n) is 9.14. The van der Waals surface area contributed by atoms with Crippen LogP contribution in [-0.2, 0) is 14.0 Å². The molecule has 1 aliphatic heterocycles. The molecule has 1 saturated heterocycles. The summed E-state index contributed by atoms with van der Waals surface area (Å²) in [5.74, 6) is -0.478. The van der Waals surface area contributed by atoms with E-state index in [-0.39, 0.29) is 29.8 Å². The van der Waals surface area contributed by atoms with Crippen molar-refractivity contribution in [2.45, 2.75) is 96.7 Å². The number of aliphatic carboxylic acids is 1. The van der Waals surface area contributed by atoms with Gasteiger partial charge in [-0.05, 0) is 43.8 Å². The zero-order chi connectivity index (χ0) is 18.5. The highest BCUT2D eigenvalue weighted by molar-refractivity contribution is 6.74. The van der Waals surface area contributed by atoms with Crippen LogP contribution in [0.15, 0.2) is 12.2 Å². The third-order valence-electron chi connectivity index (χ3n) is 5.48. The number of rotatable bonds is 7. The van der Waals surface area contributed by atoms with E-state index < -0.39 is 14.3 Å². The molecule has 1 rings (SSSR count). The van der Waals surface area contributed by atoms with Gasteiger partial charge in [-0.25, -0.2) is 0 Å². The van der Waals surface area contributed by atoms with Crippen LogP contribution in [0.1, 0.15) is 60.3 Å². The lowest BCUT2D eigenvalue weighted by molar-refractivity contribution is -0.147. The lowest BCUT2D eigenvalue weighted by Gasteiger charge is -2.40. The summed E-state index contributed by atoms with van der Waals surface area (Å²) in [4.78, 5) is 11.0. The van der Waals surface area contributed by atoms with Crippen LogP contribution in [0, 0.1) is 5.92 Å². The van der Waals surface area contributed by atoms with Gasteiger partial charge in [0.05, 0.1) is 24.7 Å². The van der Waals surface area contributed by atoms with Gasteiger partial charge in [-0.2, -0.15) is 0 Å². The first kappa shape index (κ1) is 21.4. The SMILES string of the molecule is C/C=C/C(C[C@@H]1CC[C@@H](C)[C@@H](CC(=O)O)O1)O[Si](C)(C)C(C)(C)C. The summed E-state index contributed by atoms with van der Waals surface area (Å²) >= 11 is 0. The van der Waals surface area contributed by atoms with E-state index >= 15 is 0 Å². The fourth-order valence-corrected chi connectivity index (χ4v) is 4.16. The molecule has 1 N–H and O–H groups in total. The molecule has 0 amide bonds. The molecule has 5 heteroatoms. The van der Waals surface area contributed by atoms with Crippen molar-refractivity contribution in [3.63, 3.8) is 0 Å². The zero-order valence-electron chi connectivity index (χ0n) is 16.5. The van der Waals surface area contributed by atoms with Crippen LogP contribution >= 0.6 is 0 Å². The molecule has 1 unspecified atom stereocenters. The molecule has 1 aliphatic rings. The molecule has 0 aromatic carbocycles. The van der Waals surface area contributed by atoms with Gasteiger partial charge in [-0.1, -0.05) is 39.8 Å². The Bertz CT molecular complexity index is 439. The van der Waals surface area contributed by atoms with Gasteiger partial charge < -0.3 is 14.3 Å². The summed E-state index contributed by atoms with van der Waals surface area (Å²) in [6, 6.07) is 0. The molecule has 0 aromatic rings. The van der Waals surface area contributed by atoms with Crippen molar-refractivity contribution < 1.29 is 19.1 Å². The molecule has 4 atom stereocenters. The summed E-state index contributed by atoms with van der Waals surface area (Å²) in [6.07, 6.45) is 7.00. The van der Waals surface area contributed by atoms with Crippen molar-refractivity contribution in [2.24, 2.45) is 5.92 Å². The van der Waals surface area contributed by atoms with Gasteiger partial charge in [-0.3, -0.25) is 4.79 Å². The Morgan fingerprint density at radius 1 is 1.38 bits per heavy atom. The van der Waals surface area contributed by atoms with Gasteiger partial charge in [0.25, 0.3) is 0 Å². The minimum atomic E-state index is -1.85. The van der Waals surface area contributed by atoms with E-state index in [1.54, 1.807) is 0 Å². The Morgan fingerprint density at radius 2 is 2.00 bits per heavy atom. The Kier molecular flexibility index (Phi) is 7.69. The van der Waals surface area contributed by atoms with Crippen LogP contribution in [0.2, 0.25) is 18.1 Å². The van der Waals surface area contributed by atoms with Crippen LogP contribution in [-0.4, -0.2) is 37.7 Å². The predicted octanol–water partition coefficient (Wildman–Crippen LogP) is 5.00. The molecular formula is C19H36O4Si. The highest BCUT2D eigenvalue weighted by atomic mass is 28.4. The first-order chi connectivity index (χ1) is 11.0. The van der Waals surface area contributed by atoms with Crippen molar-refractivity contribution >= 4 is 14.3 Å². The van der Waals surface area contributed by atoms with E-state index in [2.05, 4.69) is 46.9 Å². The second-order valence-corrected chi connectivity index (χ2v) is 13.4. The van der Waals surface area contributed by atoms with Gasteiger partial charge in [0, 0.05) is 6.42 Å². The van der Waals surface area contributed by atoms with Crippen molar-refractivity contribution in [3.05, 3.63) is 12.2 Å². The normalized spacial score (nSPS) is 27.4. The second-order valence-electron chi connectivity index (χ2n) is 8.63. The molecule has 1 fully saturated rings. The molecule has 0 saturated carbocycles. The van der Waals surface area contributed by atoms with Gasteiger partial charge >= 0.3 is 5.97 Å². The third kappa shape index (κ3) is 6.34. The van der Waals surface area contributed by atoms with E-state index in [0.717, 1.165) is 19.3 Å². The molecule has 0 aliphatic carbocycles. The molecule has 0 aromatic heterocycles. The Morgan fingerprint density at radius 3 is 2.50 bits per heavy atom. The number of ether oxygens (including phenoxy) is 1. The molecular weight excluding hydrogens is 320 g/mol. The van der Waals surface area contributed by atoms with Crippen LogP contribution in [0.3, 0.4) is 0 Å². The number of allylic oxidation sites excluding steroid dienone is 1. The minimum Gasteiger partial charge on any atom is -0.481 e. The Labute approximate surface area is 148 Å². The van der Waals surface area contributed by atoms with Crippen molar-refractivity contribution in [2.75, 3.05) is 0 Å². The standard InChI is InChI=1S/C19H36O4Si/c1-8-9-16(23-24(6,7)19(3,4)5)12-15-11-10-14(2)17(22-15)13-18(20)21/h8-9,14-17H,10-13H2,1-7H3,(H,20,21)/b9-8+/t14-,15+,16?,17-/m1/s1. The summed E-state index contributed by atoms with van der Waals surface area (Å²) in [6.45, 7) is 15.4. The summed E-state index contributed by atoms with van der Waals surface area (Å²) in [5, 5.41) is 9.24. The van der Waals surface area contributed by atoms with E-state index in [4.69, 9.17) is 14.3 Å². The number of carbonyl (C=O) groups is 1. The average molecular weight is 357 g/mol. The van der Waals surface area contributed by atoms with E-state index in [1.807, 2.05) is 13.0 Å². The number of hydrogen-bond acceptors (Lipinski definition) is 3. The lowest BCUT2D eigenvalue weighted by Crippen LogP contribution is -2.45. The zero-order valence-corrected chi connectivity index (χ0v) is 17.5. The highest BCUT2D eigenvalue weighted by Gasteiger charge is 2.39. The van der Waals surface area contributed by atoms with Crippen LogP contribution in [0.4, 0.5) is 0 Å². The maximum Gasteiger partial charge on any atom is 0.305 e. The first-order valence-corrected chi connectivity index (χ1v) is 12.0. The Hall–Kier alpha value is -0.653. The molecule has 0 radical (unpaired) electrons. The molecule has 4 nitrogen and oxygen atoms in total. The van der Waals surface area contributed by atoms with Crippen LogP contribution < -0.4 is 0 Å². The quantitative estimate of drug-likeness (QED) is 0.515. The van der Waals surface area contributed by atoms with Crippen molar-refractivity contribution in [1.29, 1.82) is 0 Å². The monoisotopic (exact) mass is 356 g/mol. The van der Waals surface area contributed by atoms with Gasteiger partial charge in [-0.15, -0.1) is 0 Å². The maximum atomic E-state index is 11.0. The molecule has 0 spiro atoms. The van der Waals surface area contributed by atoms with Crippen LogP contribution in [0.5, 0.6) is 0 Å². The van der Waals surface area contributed by atoms with Crippen molar-refractivity contribution in [3.8, 4) is 0 Å². The van der Waals surface area contributed by atoms with E-state index in [1.165, 1.54) is 0 Å². The molecule has 1 heterocycles. The molecule has 140 valence electrons. The second kappa shape index (κ2) is 8.63. The van der Waals surface area contributed by atoms with Crippen LogP contribution in [0.25, 0.3) is 0 Å². The fourth-order valence-electron chi connectivity index (χ4n) is 2.87. The average Bonchev–Trinajstić information content (AvgIpc) is 2.40. The van der Waals surface area contributed by atoms with Gasteiger partial charge in [0.2, 0.25) is 0 Å². The third-order valence-corrected chi connectivity index (χ3v) is 9.98. The minimum absolute atomic E-state index is 0.0415. The summed E-state index contributed by atoms with van der Waals surface area (Å²) in [5.41, 5.74) is 0. The highest BCUT2D eigenvalue weighted by Crippen LogP contribution is 2.38. The topological polar surface area (TPSA) is 55.8 Å². The van der Waals surface area contributed by atoms with E-state index in [9.17, 15) is 4.79 Å². The van der Waals surface area contributed by atoms with Gasteiger partial charge in [0.1, 0.15) is 0 Å². The predicted molar refractivity (Wildman–Crippen MR) is 101 cm³/mol. The summed E-state index contributed by atoms with van der Waals surface area (Å²) < 4.78 is 12.7. The smallest absolute Gasteiger partial charge is 0.305 e. The van der Waals surface area contributed by atoms with E-state index in [0.29, 0.717) is 5.92 Å².